The minimum Gasteiger partial charge on any atom is -0.461 e. The molecule has 1 amide bonds. The van der Waals surface area contributed by atoms with Crippen LogP contribution in [0.2, 0.25) is 0 Å². The smallest absolute Gasteiger partial charge is 0.276 e. The second-order valence-corrected chi connectivity index (χ2v) is 5.71. The standard InChI is InChI=1S/C17H17N3O3/c21-17(14-12-16(23-18-14)15-4-3-11-22-15)20-9-5-13(6-10-20)19-7-1-2-8-19/h1-4,7-8,11-13H,5-6,9-10H2. The molecule has 0 radical (unpaired) electrons. The molecule has 0 aliphatic carbocycles. The predicted molar refractivity (Wildman–Crippen MR) is 82.8 cm³/mol. The summed E-state index contributed by atoms with van der Waals surface area (Å²) in [7, 11) is 0. The van der Waals surface area contributed by atoms with Crippen molar-refractivity contribution in [3.63, 3.8) is 0 Å². The van der Waals surface area contributed by atoms with E-state index in [0.717, 1.165) is 25.9 Å². The Morgan fingerprint density at radius 3 is 2.61 bits per heavy atom. The second-order valence-electron chi connectivity index (χ2n) is 5.71. The van der Waals surface area contributed by atoms with Crippen LogP contribution < -0.4 is 0 Å². The molecule has 3 aromatic rings. The van der Waals surface area contributed by atoms with Crippen molar-refractivity contribution in [2.75, 3.05) is 13.1 Å². The maximum atomic E-state index is 12.5. The molecule has 4 heterocycles. The van der Waals surface area contributed by atoms with Crippen molar-refractivity contribution >= 4 is 5.91 Å². The SMILES string of the molecule is O=C(c1cc(-c2ccco2)on1)N1CCC(n2cccc2)CC1. The van der Waals surface area contributed by atoms with Gasteiger partial charge in [0.2, 0.25) is 5.76 Å². The van der Waals surface area contributed by atoms with Gasteiger partial charge in [-0.3, -0.25) is 4.79 Å². The molecule has 0 spiro atoms. The van der Waals surface area contributed by atoms with E-state index in [1.165, 1.54) is 0 Å². The highest BCUT2D eigenvalue weighted by molar-refractivity contribution is 5.93. The number of rotatable bonds is 3. The summed E-state index contributed by atoms with van der Waals surface area (Å²) in [5, 5.41) is 3.88. The van der Waals surface area contributed by atoms with Gasteiger partial charge in [-0.05, 0) is 37.1 Å². The van der Waals surface area contributed by atoms with Gasteiger partial charge in [-0.25, -0.2) is 0 Å². The number of likely N-dealkylation sites (tertiary alicyclic amines) is 1. The Labute approximate surface area is 133 Å². The quantitative estimate of drug-likeness (QED) is 0.745. The number of carbonyl (C=O) groups excluding carboxylic acids is 1. The molecule has 0 unspecified atom stereocenters. The molecule has 1 saturated heterocycles. The van der Waals surface area contributed by atoms with Gasteiger partial charge in [-0.1, -0.05) is 5.16 Å². The van der Waals surface area contributed by atoms with Gasteiger partial charge in [0.05, 0.1) is 6.26 Å². The molecule has 3 aromatic heterocycles. The van der Waals surface area contributed by atoms with Crippen molar-refractivity contribution in [3.05, 3.63) is 54.7 Å². The normalized spacial score (nSPS) is 15.9. The summed E-state index contributed by atoms with van der Waals surface area (Å²) >= 11 is 0. The number of hydrogen-bond acceptors (Lipinski definition) is 4. The predicted octanol–water partition coefficient (Wildman–Crippen LogP) is 3.21. The van der Waals surface area contributed by atoms with E-state index in [4.69, 9.17) is 8.94 Å². The average molecular weight is 311 g/mol. The molecule has 1 aliphatic heterocycles. The van der Waals surface area contributed by atoms with Crippen LogP contribution in [0.15, 0.2) is 57.9 Å². The lowest BCUT2D eigenvalue weighted by molar-refractivity contribution is 0.0684. The van der Waals surface area contributed by atoms with Gasteiger partial charge >= 0.3 is 0 Å². The van der Waals surface area contributed by atoms with Crippen molar-refractivity contribution in [2.24, 2.45) is 0 Å². The van der Waals surface area contributed by atoms with E-state index < -0.39 is 0 Å². The highest BCUT2D eigenvalue weighted by Gasteiger charge is 2.26. The van der Waals surface area contributed by atoms with Crippen LogP contribution in [0.25, 0.3) is 11.5 Å². The number of furan rings is 1. The Balaban J connectivity index is 1.42. The third-order valence-corrected chi connectivity index (χ3v) is 4.29. The Hall–Kier alpha value is -2.76. The Kier molecular flexibility index (Phi) is 3.49. The van der Waals surface area contributed by atoms with Crippen LogP contribution in [0.4, 0.5) is 0 Å². The van der Waals surface area contributed by atoms with Crippen molar-refractivity contribution in [1.82, 2.24) is 14.6 Å². The molecule has 23 heavy (non-hydrogen) atoms. The van der Waals surface area contributed by atoms with E-state index in [0.29, 0.717) is 23.3 Å². The molecule has 6 heteroatoms. The van der Waals surface area contributed by atoms with E-state index in [2.05, 4.69) is 22.1 Å². The van der Waals surface area contributed by atoms with E-state index in [9.17, 15) is 4.79 Å². The first-order valence-electron chi connectivity index (χ1n) is 7.73. The number of nitrogens with zero attached hydrogens (tertiary/aromatic N) is 3. The highest BCUT2D eigenvalue weighted by Crippen LogP contribution is 2.25. The van der Waals surface area contributed by atoms with Crippen molar-refractivity contribution in [1.29, 1.82) is 0 Å². The van der Waals surface area contributed by atoms with E-state index >= 15 is 0 Å². The highest BCUT2D eigenvalue weighted by atomic mass is 16.5. The first-order valence-corrected chi connectivity index (χ1v) is 7.73. The topological polar surface area (TPSA) is 64.4 Å². The average Bonchev–Trinajstić information content (AvgIpc) is 3.36. The van der Waals surface area contributed by atoms with Gasteiger partial charge in [-0.2, -0.15) is 0 Å². The van der Waals surface area contributed by atoms with Gasteiger partial charge in [0.1, 0.15) is 0 Å². The fourth-order valence-corrected chi connectivity index (χ4v) is 3.03. The van der Waals surface area contributed by atoms with Crippen LogP contribution in [-0.4, -0.2) is 33.6 Å². The minimum absolute atomic E-state index is 0.0856. The third-order valence-electron chi connectivity index (χ3n) is 4.29. The first-order chi connectivity index (χ1) is 11.3. The molecule has 1 aliphatic rings. The van der Waals surface area contributed by atoms with E-state index in [1.807, 2.05) is 17.0 Å². The molecule has 0 N–H and O–H groups in total. The summed E-state index contributed by atoms with van der Waals surface area (Å²) in [4.78, 5) is 14.4. The maximum absolute atomic E-state index is 12.5. The Morgan fingerprint density at radius 1 is 1.13 bits per heavy atom. The molecule has 0 saturated carbocycles. The first kappa shape index (κ1) is 13.9. The lowest BCUT2D eigenvalue weighted by Crippen LogP contribution is -2.39. The summed E-state index contributed by atoms with van der Waals surface area (Å²) in [6.45, 7) is 1.45. The van der Waals surface area contributed by atoms with Crippen molar-refractivity contribution in [3.8, 4) is 11.5 Å². The monoisotopic (exact) mass is 311 g/mol. The zero-order chi connectivity index (χ0) is 15.6. The van der Waals surface area contributed by atoms with Crippen molar-refractivity contribution in [2.45, 2.75) is 18.9 Å². The summed E-state index contributed by atoms with van der Waals surface area (Å²) < 4.78 is 12.7. The third kappa shape index (κ3) is 2.67. The summed E-state index contributed by atoms with van der Waals surface area (Å²) in [6, 6.07) is 9.71. The Morgan fingerprint density at radius 2 is 1.91 bits per heavy atom. The van der Waals surface area contributed by atoms with Crippen LogP contribution in [0, 0.1) is 0 Å². The van der Waals surface area contributed by atoms with Crippen LogP contribution in [0.5, 0.6) is 0 Å². The van der Waals surface area contributed by atoms with Gasteiger partial charge in [0.15, 0.2) is 11.5 Å². The number of carbonyl (C=O) groups is 1. The largest absolute Gasteiger partial charge is 0.461 e. The molecule has 118 valence electrons. The van der Waals surface area contributed by atoms with Gasteiger partial charge in [-0.15, -0.1) is 0 Å². The Bertz CT molecular complexity index is 766. The van der Waals surface area contributed by atoms with Crippen LogP contribution in [-0.2, 0) is 0 Å². The molecule has 1 fully saturated rings. The van der Waals surface area contributed by atoms with Gasteiger partial charge in [0.25, 0.3) is 5.91 Å². The summed E-state index contributed by atoms with van der Waals surface area (Å²) in [5.41, 5.74) is 0.329. The molecule has 6 nitrogen and oxygen atoms in total. The second kappa shape index (κ2) is 5.79. The molecule has 4 rings (SSSR count). The maximum Gasteiger partial charge on any atom is 0.276 e. The van der Waals surface area contributed by atoms with Crippen molar-refractivity contribution < 1.29 is 13.7 Å². The van der Waals surface area contributed by atoms with Crippen LogP contribution >= 0.6 is 0 Å². The molecule has 0 atom stereocenters. The number of aromatic nitrogens is 2. The summed E-state index contributed by atoms with van der Waals surface area (Å²) in [6.07, 6.45) is 7.61. The minimum atomic E-state index is -0.0856. The molecular weight excluding hydrogens is 294 g/mol. The molecular formula is C17H17N3O3. The zero-order valence-electron chi connectivity index (χ0n) is 12.6. The van der Waals surface area contributed by atoms with Crippen LogP contribution in [0.3, 0.4) is 0 Å². The molecule has 0 bridgehead atoms. The van der Waals surface area contributed by atoms with Crippen LogP contribution in [0.1, 0.15) is 29.4 Å². The lowest BCUT2D eigenvalue weighted by Gasteiger charge is -2.32. The number of piperidine rings is 1. The van der Waals surface area contributed by atoms with Gasteiger partial charge in [0, 0.05) is 37.6 Å². The van der Waals surface area contributed by atoms with E-state index in [-0.39, 0.29) is 5.91 Å². The fraction of sp³-hybridized carbons (Fsp3) is 0.294. The number of amides is 1. The lowest BCUT2D eigenvalue weighted by atomic mass is 10.0. The summed E-state index contributed by atoms with van der Waals surface area (Å²) in [5.74, 6) is 0.959. The molecule has 0 aromatic carbocycles. The van der Waals surface area contributed by atoms with Gasteiger partial charge < -0.3 is 18.4 Å². The zero-order valence-corrected chi connectivity index (χ0v) is 12.6. The fourth-order valence-electron chi connectivity index (χ4n) is 3.03. The number of hydrogen-bond donors (Lipinski definition) is 0. The van der Waals surface area contributed by atoms with E-state index in [1.54, 1.807) is 24.5 Å².